The molecular formula is C22H28N2O5S. The third-order valence-corrected chi connectivity index (χ3v) is 7.10. The first kappa shape index (κ1) is 22.1. The molecule has 0 radical (unpaired) electrons. The number of sulfonamides is 1. The highest BCUT2D eigenvalue weighted by atomic mass is 32.2. The van der Waals surface area contributed by atoms with E-state index < -0.39 is 10.0 Å². The quantitative estimate of drug-likeness (QED) is 0.693. The number of nitrogens with one attached hydrogen (secondary N) is 1. The van der Waals surface area contributed by atoms with Crippen molar-refractivity contribution >= 4 is 15.9 Å². The van der Waals surface area contributed by atoms with Crippen LogP contribution in [0.1, 0.15) is 36.9 Å². The van der Waals surface area contributed by atoms with E-state index in [2.05, 4.69) is 5.32 Å². The molecule has 30 heavy (non-hydrogen) atoms. The van der Waals surface area contributed by atoms with Gasteiger partial charge in [-0.25, -0.2) is 8.42 Å². The molecule has 0 bridgehead atoms. The molecule has 2 aromatic rings. The summed E-state index contributed by atoms with van der Waals surface area (Å²) in [6, 6.07) is 12.0. The summed E-state index contributed by atoms with van der Waals surface area (Å²) in [6.07, 6.45) is 1.78. The van der Waals surface area contributed by atoms with Gasteiger partial charge in [0.2, 0.25) is 10.0 Å². The van der Waals surface area contributed by atoms with E-state index in [0.717, 1.165) is 24.2 Å². The molecule has 1 aliphatic rings. The van der Waals surface area contributed by atoms with E-state index in [4.69, 9.17) is 9.47 Å². The Kier molecular flexibility index (Phi) is 6.99. The number of ether oxygens (including phenoxy) is 2. The number of hydrogen-bond donors (Lipinski definition) is 1. The van der Waals surface area contributed by atoms with Gasteiger partial charge in [0.25, 0.3) is 5.91 Å². The first-order valence-corrected chi connectivity index (χ1v) is 11.4. The number of hydrogen-bond acceptors (Lipinski definition) is 5. The smallest absolute Gasteiger partial charge is 0.258 e. The minimum Gasteiger partial charge on any atom is -0.497 e. The summed E-state index contributed by atoms with van der Waals surface area (Å²) in [6.45, 7) is 4.64. The first-order valence-electron chi connectivity index (χ1n) is 9.98. The van der Waals surface area contributed by atoms with Gasteiger partial charge in [0.05, 0.1) is 18.0 Å². The van der Waals surface area contributed by atoms with Crippen molar-refractivity contribution in [2.75, 3.05) is 26.8 Å². The Morgan fingerprint density at radius 2 is 1.80 bits per heavy atom. The third kappa shape index (κ3) is 5.12. The van der Waals surface area contributed by atoms with Crippen molar-refractivity contribution in [1.82, 2.24) is 9.62 Å². The molecule has 3 rings (SSSR count). The Balaban J connectivity index is 1.57. The molecule has 1 atom stereocenters. The Bertz CT molecular complexity index is 983. The van der Waals surface area contributed by atoms with E-state index >= 15 is 0 Å². The van der Waals surface area contributed by atoms with E-state index in [9.17, 15) is 13.2 Å². The van der Waals surface area contributed by atoms with Gasteiger partial charge in [-0.2, -0.15) is 4.31 Å². The molecule has 8 heteroatoms. The van der Waals surface area contributed by atoms with Crippen LogP contribution in [-0.2, 0) is 14.8 Å². The van der Waals surface area contributed by atoms with E-state index in [1.165, 1.54) is 10.4 Å². The fourth-order valence-corrected chi connectivity index (χ4v) is 5.03. The number of benzene rings is 2. The second kappa shape index (κ2) is 9.49. The second-order valence-corrected chi connectivity index (χ2v) is 9.33. The Morgan fingerprint density at radius 3 is 2.40 bits per heavy atom. The summed E-state index contributed by atoms with van der Waals surface area (Å²) in [4.78, 5) is 12.5. The molecule has 0 aromatic heterocycles. The van der Waals surface area contributed by atoms with Crippen LogP contribution in [-0.4, -0.2) is 45.4 Å². The number of carbonyl (C=O) groups excluding carboxylic acids is 1. The van der Waals surface area contributed by atoms with Crippen LogP contribution in [0.25, 0.3) is 0 Å². The predicted molar refractivity (Wildman–Crippen MR) is 114 cm³/mol. The van der Waals surface area contributed by atoms with Crippen molar-refractivity contribution in [3.63, 3.8) is 0 Å². The lowest BCUT2D eigenvalue weighted by Crippen LogP contribution is -2.31. The SMILES string of the molecule is COc1ccc([C@@H](C)NC(=O)COc2ccc(S(=O)(=O)N3CCCC3)cc2C)cc1. The number of rotatable bonds is 8. The largest absolute Gasteiger partial charge is 0.497 e. The molecule has 162 valence electrons. The van der Waals surface area contributed by atoms with Gasteiger partial charge >= 0.3 is 0 Å². The minimum atomic E-state index is -3.47. The lowest BCUT2D eigenvalue weighted by molar-refractivity contribution is -0.123. The average Bonchev–Trinajstić information content (AvgIpc) is 3.28. The third-order valence-electron chi connectivity index (χ3n) is 5.20. The standard InChI is InChI=1S/C22H28N2O5S/c1-16-14-20(30(26,27)24-12-4-5-13-24)10-11-21(16)29-15-22(25)23-17(2)18-6-8-19(28-3)9-7-18/h6-11,14,17H,4-5,12-13,15H2,1-3H3,(H,23,25)/t17-/m1/s1. The van der Waals surface area contributed by atoms with Crippen molar-refractivity contribution < 1.29 is 22.7 Å². The summed E-state index contributed by atoms with van der Waals surface area (Å²) in [5, 5.41) is 2.89. The highest BCUT2D eigenvalue weighted by Crippen LogP contribution is 2.26. The zero-order valence-electron chi connectivity index (χ0n) is 17.6. The van der Waals surface area contributed by atoms with Gasteiger partial charge in [-0.05, 0) is 68.1 Å². The van der Waals surface area contributed by atoms with Gasteiger partial charge in [-0.3, -0.25) is 4.79 Å². The summed E-state index contributed by atoms with van der Waals surface area (Å²) in [5.74, 6) is 0.986. The van der Waals surface area contributed by atoms with E-state index in [-0.39, 0.29) is 23.5 Å². The fourth-order valence-electron chi connectivity index (χ4n) is 3.42. The van der Waals surface area contributed by atoms with Crippen molar-refractivity contribution in [1.29, 1.82) is 0 Å². The minimum absolute atomic E-state index is 0.153. The van der Waals surface area contributed by atoms with Crippen LogP contribution in [0.4, 0.5) is 0 Å². The van der Waals surface area contributed by atoms with Crippen LogP contribution in [0.3, 0.4) is 0 Å². The fraction of sp³-hybridized carbons (Fsp3) is 0.409. The van der Waals surface area contributed by atoms with Crippen LogP contribution in [0.5, 0.6) is 11.5 Å². The summed E-state index contributed by atoms with van der Waals surface area (Å²) in [7, 11) is -1.87. The number of carbonyl (C=O) groups is 1. The maximum absolute atomic E-state index is 12.7. The number of methoxy groups -OCH3 is 1. The topological polar surface area (TPSA) is 84.9 Å². The second-order valence-electron chi connectivity index (χ2n) is 7.39. The lowest BCUT2D eigenvalue weighted by atomic mass is 10.1. The summed E-state index contributed by atoms with van der Waals surface area (Å²) in [5.41, 5.74) is 1.63. The van der Waals surface area contributed by atoms with Gasteiger partial charge in [-0.15, -0.1) is 0 Å². The number of nitrogens with zero attached hydrogens (tertiary/aromatic N) is 1. The summed E-state index contributed by atoms with van der Waals surface area (Å²) < 4.78 is 37.6. The molecular weight excluding hydrogens is 404 g/mol. The van der Waals surface area contributed by atoms with Gasteiger partial charge in [0.1, 0.15) is 11.5 Å². The molecule has 1 heterocycles. The molecule has 7 nitrogen and oxygen atoms in total. The molecule has 0 aliphatic carbocycles. The highest BCUT2D eigenvalue weighted by molar-refractivity contribution is 7.89. The Hall–Kier alpha value is -2.58. The van der Waals surface area contributed by atoms with E-state index in [1.54, 1.807) is 26.2 Å². The van der Waals surface area contributed by atoms with Crippen molar-refractivity contribution in [3.05, 3.63) is 53.6 Å². The van der Waals surface area contributed by atoms with Gasteiger partial charge in [0, 0.05) is 13.1 Å². The zero-order chi connectivity index (χ0) is 21.7. The van der Waals surface area contributed by atoms with Crippen LogP contribution >= 0.6 is 0 Å². The molecule has 2 aromatic carbocycles. The van der Waals surface area contributed by atoms with E-state index in [0.29, 0.717) is 24.4 Å². The van der Waals surface area contributed by atoms with Crippen molar-refractivity contribution in [3.8, 4) is 11.5 Å². The lowest BCUT2D eigenvalue weighted by Gasteiger charge is -2.17. The first-order chi connectivity index (χ1) is 14.3. The molecule has 0 spiro atoms. The van der Waals surface area contributed by atoms with Gasteiger partial charge in [-0.1, -0.05) is 12.1 Å². The van der Waals surface area contributed by atoms with Crippen LogP contribution < -0.4 is 14.8 Å². The monoisotopic (exact) mass is 432 g/mol. The molecule has 1 aliphatic heterocycles. The molecule has 1 amide bonds. The normalized spacial score (nSPS) is 15.6. The van der Waals surface area contributed by atoms with Crippen molar-refractivity contribution in [2.45, 2.75) is 37.6 Å². The highest BCUT2D eigenvalue weighted by Gasteiger charge is 2.27. The molecule has 1 N–H and O–H groups in total. The molecule has 1 saturated heterocycles. The Morgan fingerprint density at radius 1 is 1.13 bits per heavy atom. The average molecular weight is 433 g/mol. The van der Waals surface area contributed by atoms with Crippen LogP contribution in [0.2, 0.25) is 0 Å². The van der Waals surface area contributed by atoms with Crippen molar-refractivity contribution in [2.24, 2.45) is 0 Å². The maximum Gasteiger partial charge on any atom is 0.258 e. The predicted octanol–water partition coefficient (Wildman–Crippen LogP) is 3.04. The van der Waals surface area contributed by atoms with Crippen LogP contribution in [0, 0.1) is 6.92 Å². The van der Waals surface area contributed by atoms with Gasteiger partial charge in [0.15, 0.2) is 6.61 Å². The van der Waals surface area contributed by atoms with E-state index in [1.807, 2.05) is 31.2 Å². The number of amides is 1. The van der Waals surface area contributed by atoms with Crippen LogP contribution in [0.15, 0.2) is 47.4 Å². The maximum atomic E-state index is 12.7. The molecule has 1 fully saturated rings. The number of aryl methyl sites for hydroxylation is 1. The molecule has 0 saturated carbocycles. The zero-order valence-corrected chi connectivity index (χ0v) is 18.4. The summed E-state index contributed by atoms with van der Waals surface area (Å²) >= 11 is 0. The molecule has 0 unspecified atom stereocenters. The Labute approximate surface area is 178 Å². The van der Waals surface area contributed by atoms with Gasteiger partial charge < -0.3 is 14.8 Å².